The van der Waals surface area contributed by atoms with E-state index in [1.165, 1.54) is 12.3 Å². The number of nitrogens with zero attached hydrogens (tertiary/aromatic N) is 5. The van der Waals surface area contributed by atoms with Crippen molar-refractivity contribution in [3.05, 3.63) is 65.0 Å². The van der Waals surface area contributed by atoms with Gasteiger partial charge in [0.25, 0.3) is 5.91 Å². The summed E-state index contributed by atoms with van der Waals surface area (Å²) in [5.41, 5.74) is 3.25. The molecule has 3 aromatic rings. The smallest absolute Gasteiger partial charge is 0.258 e. The molecule has 9 heteroatoms. The third-order valence-electron chi connectivity index (χ3n) is 6.18. The summed E-state index contributed by atoms with van der Waals surface area (Å²) in [6, 6.07) is 9.07. The van der Waals surface area contributed by atoms with Crippen LogP contribution < -0.4 is 5.32 Å². The summed E-state index contributed by atoms with van der Waals surface area (Å²) in [6.45, 7) is 4.02. The molecule has 0 saturated carbocycles. The number of anilines is 1. The van der Waals surface area contributed by atoms with Gasteiger partial charge in [0.1, 0.15) is 5.15 Å². The Hall–Kier alpha value is -3.23. The molecule has 1 aliphatic rings. The van der Waals surface area contributed by atoms with Crippen LogP contribution in [0.15, 0.2) is 48.7 Å². The van der Waals surface area contributed by atoms with E-state index < -0.39 is 0 Å². The first-order chi connectivity index (χ1) is 16.8. The monoisotopic (exact) mass is 494 g/mol. The number of amides is 2. The van der Waals surface area contributed by atoms with Crippen LogP contribution >= 0.6 is 11.6 Å². The number of hydrogen-bond acceptors (Lipinski definition) is 5. The number of aromatic nitrogens is 3. The molecule has 0 bridgehead atoms. The van der Waals surface area contributed by atoms with Crippen LogP contribution in [0.2, 0.25) is 5.15 Å². The quantitative estimate of drug-likeness (QED) is 0.407. The molecule has 0 aliphatic carbocycles. The molecule has 8 nitrogen and oxygen atoms in total. The molecule has 1 unspecified atom stereocenters. The number of pyridine rings is 1. The standard InChI is InChI=1S/C26H31ClN6O2/c1-18-8-6-10-21-24(18)33(26(29-21)30-25(35)19-12-13-28-22(27)16-19)20-9-4-5-15-32(17-20)23(34)11-7-14-31(2)3/h6-8,10-13,16,20H,4-5,9,14-15,17H2,1-3H3,(H,29,30,35). The highest BCUT2D eigenvalue weighted by molar-refractivity contribution is 6.29. The summed E-state index contributed by atoms with van der Waals surface area (Å²) in [6.07, 6.45) is 7.86. The molecule has 184 valence electrons. The van der Waals surface area contributed by atoms with Crippen molar-refractivity contribution < 1.29 is 9.59 Å². The summed E-state index contributed by atoms with van der Waals surface area (Å²) in [7, 11) is 3.94. The minimum absolute atomic E-state index is 0.0110. The van der Waals surface area contributed by atoms with Gasteiger partial charge >= 0.3 is 0 Å². The van der Waals surface area contributed by atoms with Gasteiger partial charge in [-0.1, -0.05) is 29.8 Å². The lowest BCUT2D eigenvalue weighted by Gasteiger charge is -2.26. The largest absolute Gasteiger partial charge is 0.337 e. The van der Waals surface area contributed by atoms with E-state index in [0.29, 0.717) is 31.1 Å². The number of likely N-dealkylation sites (N-methyl/N-ethyl adjacent to an activating group) is 1. The number of hydrogen-bond donors (Lipinski definition) is 1. The van der Waals surface area contributed by atoms with E-state index in [9.17, 15) is 9.59 Å². The maximum absolute atomic E-state index is 13.0. The van der Waals surface area contributed by atoms with Gasteiger partial charge in [-0.15, -0.1) is 0 Å². The SMILES string of the molecule is Cc1cccc2nc(NC(=O)c3ccnc(Cl)c3)n(C3CCCCN(C(=O)C=CCN(C)C)C3)c12. The molecule has 35 heavy (non-hydrogen) atoms. The van der Waals surface area contributed by atoms with Crippen molar-refractivity contribution in [1.29, 1.82) is 0 Å². The van der Waals surface area contributed by atoms with Crippen molar-refractivity contribution in [2.45, 2.75) is 32.2 Å². The minimum Gasteiger partial charge on any atom is -0.337 e. The summed E-state index contributed by atoms with van der Waals surface area (Å²) < 4.78 is 2.10. The number of aryl methyl sites for hydroxylation is 1. The lowest BCUT2D eigenvalue weighted by Crippen LogP contribution is -2.35. The van der Waals surface area contributed by atoms with E-state index >= 15 is 0 Å². The lowest BCUT2D eigenvalue weighted by atomic mass is 10.1. The van der Waals surface area contributed by atoms with E-state index in [1.54, 1.807) is 12.1 Å². The highest BCUT2D eigenvalue weighted by Crippen LogP contribution is 2.32. The first kappa shape index (κ1) is 24.9. The Bertz CT molecular complexity index is 1250. The number of carbonyl (C=O) groups is 2. The zero-order valence-corrected chi connectivity index (χ0v) is 21.1. The maximum atomic E-state index is 13.0. The van der Waals surface area contributed by atoms with Gasteiger partial charge in [0.15, 0.2) is 0 Å². The molecule has 1 aromatic carbocycles. The van der Waals surface area contributed by atoms with Gasteiger partial charge in [0.2, 0.25) is 11.9 Å². The summed E-state index contributed by atoms with van der Waals surface area (Å²) in [4.78, 5) is 38.6. The fraction of sp³-hybridized carbons (Fsp3) is 0.385. The fourth-order valence-corrected chi connectivity index (χ4v) is 4.66. The van der Waals surface area contributed by atoms with Crippen LogP contribution in [-0.2, 0) is 4.79 Å². The summed E-state index contributed by atoms with van der Waals surface area (Å²) in [5, 5.41) is 3.23. The molecule has 1 saturated heterocycles. The van der Waals surface area contributed by atoms with Gasteiger partial charge in [0, 0.05) is 37.5 Å². The van der Waals surface area contributed by atoms with Crippen molar-refractivity contribution in [3.63, 3.8) is 0 Å². The molecular weight excluding hydrogens is 464 g/mol. The Morgan fingerprint density at radius 1 is 1.26 bits per heavy atom. The number of carbonyl (C=O) groups excluding carboxylic acids is 2. The zero-order valence-electron chi connectivity index (χ0n) is 20.4. The number of para-hydroxylation sites is 1. The number of benzene rings is 1. The number of fused-ring (bicyclic) bond motifs is 1. The molecule has 2 aromatic heterocycles. The van der Waals surface area contributed by atoms with E-state index in [-0.39, 0.29) is 23.0 Å². The molecule has 1 atom stereocenters. The molecule has 1 aliphatic heterocycles. The number of rotatable bonds is 6. The fourth-order valence-electron chi connectivity index (χ4n) is 4.48. The maximum Gasteiger partial charge on any atom is 0.258 e. The number of imidazole rings is 1. The van der Waals surface area contributed by atoms with Gasteiger partial charge in [-0.05, 0) is 64.0 Å². The second-order valence-electron chi connectivity index (χ2n) is 9.17. The highest BCUT2D eigenvalue weighted by atomic mass is 35.5. The van der Waals surface area contributed by atoms with Crippen LogP contribution in [0, 0.1) is 6.92 Å². The average molecular weight is 495 g/mol. The van der Waals surface area contributed by atoms with Gasteiger partial charge in [-0.3, -0.25) is 14.9 Å². The Morgan fingerprint density at radius 2 is 2.09 bits per heavy atom. The molecule has 1 N–H and O–H groups in total. The number of nitrogens with one attached hydrogen (secondary N) is 1. The Kier molecular flexibility index (Phi) is 7.83. The van der Waals surface area contributed by atoms with Gasteiger partial charge < -0.3 is 14.4 Å². The highest BCUT2D eigenvalue weighted by Gasteiger charge is 2.27. The molecule has 3 heterocycles. The third-order valence-corrected chi connectivity index (χ3v) is 6.39. The summed E-state index contributed by atoms with van der Waals surface area (Å²) in [5.74, 6) is 0.170. The molecule has 1 fully saturated rings. The normalized spacial score (nSPS) is 16.7. The van der Waals surface area contributed by atoms with Gasteiger partial charge in [-0.25, -0.2) is 9.97 Å². The van der Waals surface area contributed by atoms with Crippen molar-refractivity contribution in [2.75, 3.05) is 39.0 Å². The molecule has 0 radical (unpaired) electrons. The second-order valence-corrected chi connectivity index (χ2v) is 9.56. The van der Waals surface area contributed by atoms with E-state index in [0.717, 1.165) is 35.9 Å². The van der Waals surface area contributed by atoms with Crippen LogP contribution in [0.4, 0.5) is 5.95 Å². The minimum atomic E-state index is -0.309. The first-order valence-corrected chi connectivity index (χ1v) is 12.2. The topological polar surface area (TPSA) is 83.4 Å². The first-order valence-electron chi connectivity index (χ1n) is 11.8. The van der Waals surface area contributed by atoms with Crippen LogP contribution in [0.25, 0.3) is 11.0 Å². The van der Waals surface area contributed by atoms with Crippen LogP contribution in [0.5, 0.6) is 0 Å². The molecular formula is C26H31ClN6O2. The van der Waals surface area contributed by atoms with Gasteiger partial charge in [-0.2, -0.15) is 0 Å². The molecule has 0 spiro atoms. The van der Waals surface area contributed by atoms with Crippen molar-refractivity contribution in [2.24, 2.45) is 0 Å². The predicted octanol–water partition coefficient (Wildman–Crippen LogP) is 4.32. The Labute approximate surface area is 210 Å². The average Bonchev–Trinajstić information content (AvgIpc) is 3.01. The van der Waals surface area contributed by atoms with E-state index in [4.69, 9.17) is 16.6 Å². The van der Waals surface area contributed by atoms with E-state index in [2.05, 4.69) is 14.9 Å². The van der Waals surface area contributed by atoms with Crippen molar-refractivity contribution in [3.8, 4) is 0 Å². The van der Waals surface area contributed by atoms with Crippen molar-refractivity contribution in [1.82, 2.24) is 24.3 Å². The van der Waals surface area contributed by atoms with Crippen LogP contribution in [0.3, 0.4) is 0 Å². The second kappa shape index (κ2) is 11.0. The van der Waals surface area contributed by atoms with Crippen LogP contribution in [-0.4, -0.2) is 69.9 Å². The number of likely N-dealkylation sites (tertiary alicyclic amines) is 1. The van der Waals surface area contributed by atoms with Crippen LogP contribution in [0.1, 0.15) is 41.2 Å². The number of halogens is 1. The molecule has 2 amide bonds. The van der Waals surface area contributed by atoms with Crippen molar-refractivity contribution >= 4 is 40.4 Å². The van der Waals surface area contributed by atoms with E-state index in [1.807, 2.05) is 55.1 Å². The summed E-state index contributed by atoms with van der Waals surface area (Å²) >= 11 is 5.99. The molecule has 4 rings (SSSR count). The zero-order chi connectivity index (χ0) is 24.9. The third kappa shape index (κ3) is 5.89. The Morgan fingerprint density at radius 3 is 2.86 bits per heavy atom. The lowest BCUT2D eigenvalue weighted by molar-refractivity contribution is -0.126. The predicted molar refractivity (Wildman–Crippen MR) is 139 cm³/mol. The van der Waals surface area contributed by atoms with Gasteiger partial charge in [0.05, 0.1) is 17.1 Å². The Balaban J connectivity index is 1.68.